The van der Waals surface area contributed by atoms with E-state index in [1.165, 1.54) is 16.8 Å². The smallest absolute Gasteiger partial charge is 0.128 e. The van der Waals surface area contributed by atoms with Crippen LogP contribution in [0.5, 0.6) is 0 Å². The van der Waals surface area contributed by atoms with Crippen LogP contribution in [0.2, 0.25) is 0 Å². The number of pyridine rings is 1. The van der Waals surface area contributed by atoms with E-state index >= 15 is 0 Å². The second kappa shape index (κ2) is 7.15. The molecule has 0 saturated heterocycles. The molecule has 0 radical (unpaired) electrons. The van der Waals surface area contributed by atoms with E-state index in [9.17, 15) is 0 Å². The van der Waals surface area contributed by atoms with Gasteiger partial charge < -0.3 is 0 Å². The van der Waals surface area contributed by atoms with Crippen molar-refractivity contribution in [2.45, 2.75) is 39.3 Å². The second-order valence-electron chi connectivity index (χ2n) is 5.55. The molecule has 4 nitrogen and oxygen atoms in total. The monoisotopic (exact) mass is 424 g/mol. The maximum Gasteiger partial charge on any atom is 0.128 e. The van der Waals surface area contributed by atoms with Crippen LogP contribution in [0.3, 0.4) is 0 Å². The summed E-state index contributed by atoms with van der Waals surface area (Å²) in [5, 5.41) is 0. The van der Waals surface area contributed by atoms with Gasteiger partial charge in [-0.25, -0.2) is 9.97 Å². The predicted octanol–water partition coefficient (Wildman–Crippen LogP) is 3.91. The Hall–Kier alpha value is -0.850. The fourth-order valence-electron chi connectivity index (χ4n) is 2.71. The summed E-state index contributed by atoms with van der Waals surface area (Å²) in [7, 11) is 0. The Morgan fingerprint density at radius 3 is 2.68 bits per heavy atom. The first-order valence-corrected chi connectivity index (χ1v) is 9.10. The minimum atomic E-state index is 0.889. The fourth-order valence-corrected chi connectivity index (χ4v) is 3.89. The topological polar surface area (TPSA) is 41.9 Å². The number of fused-ring (bicyclic) bond motifs is 1. The molecule has 0 atom stereocenters. The molecule has 3 rings (SSSR count). The van der Waals surface area contributed by atoms with Crippen molar-refractivity contribution in [2.24, 2.45) is 0 Å². The summed E-state index contributed by atoms with van der Waals surface area (Å²) in [5.41, 5.74) is 3.72. The maximum atomic E-state index is 4.71. The molecule has 1 aliphatic rings. The number of aromatic nitrogens is 3. The first-order chi connectivity index (χ1) is 10.7. The zero-order chi connectivity index (χ0) is 15.5. The van der Waals surface area contributed by atoms with Gasteiger partial charge in [-0.05, 0) is 43.8 Å². The average Bonchev–Trinajstić information content (AvgIpc) is 2.51. The van der Waals surface area contributed by atoms with Gasteiger partial charge in [0.05, 0.1) is 0 Å². The molecule has 22 heavy (non-hydrogen) atoms. The molecule has 0 aliphatic carbocycles. The van der Waals surface area contributed by atoms with Crippen LogP contribution >= 0.6 is 31.9 Å². The average molecular weight is 426 g/mol. The first kappa shape index (κ1) is 16.0. The Morgan fingerprint density at radius 1 is 1.18 bits per heavy atom. The molecule has 116 valence electrons. The lowest BCUT2D eigenvalue weighted by molar-refractivity contribution is 0.241. The Balaban J connectivity index is 1.74. The van der Waals surface area contributed by atoms with E-state index < -0.39 is 0 Å². The zero-order valence-corrected chi connectivity index (χ0v) is 15.7. The second-order valence-corrected chi connectivity index (χ2v) is 7.26. The molecule has 0 aromatic carbocycles. The normalized spacial score (nSPS) is 14.9. The highest BCUT2D eigenvalue weighted by atomic mass is 79.9. The third-order valence-electron chi connectivity index (χ3n) is 3.87. The van der Waals surface area contributed by atoms with E-state index in [1.54, 1.807) is 0 Å². The molecule has 2 aromatic heterocycles. The van der Waals surface area contributed by atoms with Crippen molar-refractivity contribution in [3.8, 4) is 0 Å². The van der Waals surface area contributed by atoms with Gasteiger partial charge in [-0.15, -0.1) is 0 Å². The summed E-state index contributed by atoms with van der Waals surface area (Å²) in [4.78, 5) is 15.8. The van der Waals surface area contributed by atoms with Gasteiger partial charge in [-0.1, -0.05) is 6.92 Å². The minimum absolute atomic E-state index is 0.889. The van der Waals surface area contributed by atoms with E-state index in [1.807, 2.05) is 18.6 Å². The molecule has 0 amide bonds. The largest absolute Gasteiger partial charge is 0.294 e. The lowest BCUT2D eigenvalue weighted by atomic mass is 10.1. The summed E-state index contributed by atoms with van der Waals surface area (Å²) in [6.45, 7) is 4.98. The van der Waals surface area contributed by atoms with Gasteiger partial charge in [0.2, 0.25) is 0 Å². The van der Waals surface area contributed by atoms with E-state index in [0.717, 1.165) is 53.7 Å². The predicted molar refractivity (Wildman–Crippen MR) is 93.5 cm³/mol. The molecule has 6 heteroatoms. The standard InChI is InChI=1S/C16H18Br2N4/c1-2-3-16-20-6-11-9-22(5-4-15(11)21-16)10-12-13(17)7-19-8-14(12)18/h6-8H,2-5,9-10H2,1H3. The van der Waals surface area contributed by atoms with Crippen LogP contribution in [-0.4, -0.2) is 26.4 Å². The molecule has 0 saturated carbocycles. The van der Waals surface area contributed by atoms with E-state index in [2.05, 4.69) is 53.7 Å². The Kier molecular flexibility index (Phi) is 5.21. The molecule has 0 unspecified atom stereocenters. The van der Waals surface area contributed by atoms with Crippen molar-refractivity contribution < 1.29 is 0 Å². The molecule has 3 heterocycles. The molecular weight excluding hydrogens is 408 g/mol. The Labute approximate surface area is 147 Å². The van der Waals surface area contributed by atoms with Crippen LogP contribution in [0, 0.1) is 0 Å². The van der Waals surface area contributed by atoms with Crippen LogP contribution in [-0.2, 0) is 25.9 Å². The van der Waals surface area contributed by atoms with Gasteiger partial charge in [0.1, 0.15) is 5.82 Å². The molecule has 0 N–H and O–H groups in total. The number of hydrogen-bond acceptors (Lipinski definition) is 4. The molecule has 2 aromatic rings. The van der Waals surface area contributed by atoms with Gasteiger partial charge >= 0.3 is 0 Å². The van der Waals surface area contributed by atoms with E-state index in [-0.39, 0.29) is 0 Å². The van der Waals surface area contributed by atoms with Crippen molar-refractivity contribution in [1.82, 2.24) is 19.9 Å². The molecule has 0 bridgehead atoms. The number of halogens is 2. The van der Waals surface area contributed by atoms with Crippen molar-refractivity contribution in [1.29, 1.82) is 0 Å². The fraction of sp³-hybridized carbons (Fsp3) is 0.438. The summed E-state index contributed by atoms with van der Waals surface area (Å²) >= 11 is 7.18. The molecular formula is C16H18Br2N4. The van der Waals surface area contributed by atoms with Crippen LogP contribution < -0.4 is 0 Å². The third kappa shape index (κ3) is 3.55. The van der Waals surface area contributed by atoms with Crippen molar-refractivity contribution >= 4 is 31.9 Å². The number of aryl methyl sites for hydroxylation is 1. The lowest BCUT2D eigenvalue weighted by Crippen LogP contribution is -2.31. The first-order valence-electron chi connectivity index (χ1n) is 7.51. The third-order valence-corrected chi connectivity index (χ3v) is 5.24. The van der Waals surface area contributed by atoms with Crippen LogP contribution in [0.4, 0.5) is 0 Å². The Morgan fingerprint density at radius 2 is 1.95 bits per heavy atom. The molecule has 1 aliphatic heterocycles. The van der Waals surface area contributed by atoms with Gasteiger partial charge in [0.25, 0.3) is 0 Å². The number of nitrogens with zero attached hydrogens (tertiary/aromatic N) is 4. The minimum Gasteiger partial charge on any atom is -0.294 e. The quantitative estimate of drug-likeness (QED) is 0.744. The van der Waals surface area contributed by atoms with Crippen LogP contribution in [0.15, 0.2) is 27.5 Å². The van der Waals surface area contributed by atoms with Crippen LogP contribution in [0.25, 0.3) is 0 Å². The molecule has 0 fully saturated rings. The van der Waals surface area contributed by atoms with Gasteiger partial charge in [0.15, 0.2) is 0 Å². The van der Waals surface area contributed by atoms with E-state index in [0.29, 0.717) is 0 Å². The SMILES string of the molecule is CCCc1ncc2c(n1)CCN(Cc1c(Br)cncc1Br)C2. The van der Waals surface area contributed by atoms with Gasteiger partial charge in [-0.3, -0.25) is 9.88 Å². The molecule has 0 spiro atoms. The van der Waals surface area contributed by atoms with Crippen molar-refractivity contribution in [3.63, 3.8) is 0 Å². The van der Waals surface area contributed by atoms with Gasteiger partial charge in [0, 0.05) is 71.3 Å². The zero-order valence-electron chi connectivity index (χ0n) is 12.5. The number of rotatable bonds is 4. The lowest BCUT2D eigenvalue weighted by Gasteiger charge is -2.28. The Bertz CT molecular complexity index is 655. The highest BCUT2D eigenvalue weighted by Gasteiger charge is 2.20. The van der Waals surface area contributed by atoms with E-state index in [4.69, 9.17) is 4.98 Å². The summed E-state index contributed by atoms with van der Waals surface area (Å²) < 4.78 is 2.09. The maximum absolute atomic E-state index is 4.71. The highest BCUT2D eigenvalue weighted by Crippen LogP contribution is 2.27. The summed E-state index contributed by atoms with van der Waals surface area (Å²) in [6, 6.07) is 0. The van der Waals surface area contributed by atoms with Crippen molar-refractivity contribution in [2.75, 3.05) is 6.54 Å². The van der Waals surface area contributed by atoms with Crippen LogP contribution in [0.1, 0.15) is 36.0 Å². The summed E-state index contributed by atoms with van der Waals surface area (Å²) in [6.07, 6.45) is 8.75. The van der Waals surface area contributed by atoms with Gasteiger partial charge in [-0.2, -0.15) is 0 Å². The summed E-state index contributed by atoms with van der Waals surface area (Å²) in [5.74, 6) is 0.981. The van der Waals surface area contributed by atoms with Crippen molar-refractivity contribution in [3.05, 3.63) is 50.2 Å². The number of hydrogen-bond donors (Lipinski definition) is 0. The highest BCUT2D eigenvalue weighted by molar-refractivity contribution is 9.11.